The maximum atomic E-state index is 9.02. The van der Waals surface area contributed by atoms with Crippen molar-refractivity contribution in [2.24, 2.45) is 0 Å². The average molecular weight is 171 g/mol. The maximum Gasteiger partial charge on any atom is 0.271 e. The Balaban J connectivity index is 1.95. The molecule has 1 atom stereocenters. The molecule has 0 spiro atoms. The van der Waals surface area contributed by atoms with Crippen molar-refractivity contribution in [1.82, 2.24) is 5.32 Å². The Hall–Kier alpha value is -0.730. The summed E-state index contributed by atoms with van der Waals surface area (Å²) in [5.74, 6) is 0. The molecule has 0 aromatic rings. The third-order valence-corrected chi connectivity index (χ3v) is 2.27. The SMILES string of the molecule is CCCCCCC1C[N+](O)=CN1. The molecule has 3 heteroatoms. The molecule has 1 rings (SSSR count). The van der Waals surface area contributed by atoms with Gasteiger partial charge in [0, 0.05) is 0 Å². The van der Waals surface area contributed by atoms with Gasteiger partial charge in [-0.05, 0) is 12.8 Å². The first kappa shape index (κ1) is 9.36. The van der Waals surface area contributed by atoms with Crippen molar-refractivity contribution in [2.75, 3.05) is 6.54 Å². The van der Waals surface area contributed by atoms with Gasteiger partial charge in [-0.3, -0.25) is 5.32 Å². The number of hydrogen-bond acceptors (Lipinski definition) is 2. The number of nitrogens with one attached hydrogen (secondary N) is 1. The van der Waals surface area contributed by atoms with Crippen molar-refractivity contribution < 1.29 is 9.95 Å². The van der Waals surface area contributed by atoms with Gasteiger partial charge < -0.3 is 5.21 Å². The highest BCUT2D eigenvalue weighted by molar-refractivity contribution is 5.49. The molecule has 0 fully saturated rings. The minimum absolute atomic E-state index is 0.465. The van der Waals surface area contributed by atoms with Crippen LogP contribution in [0.25, 0.3) is 0 Å². The van der Waals surface area contributed by atoms with Crippen LogP contribution in [0.3, 0.4) is 0 Å². The second-order valence-corrected chi connectivity index (χ2v) is 3.46. The monoisotopic (exact) mass is 171 g/mol. The predicted octanol–water partition coefficient (Wildman–Crippen LogP) is 1.36. The summed E-state index contributed by atoms with van der Waals surface area (Å²) in [5, 5.41) is 12.2. The number of hydroxylamine groups is 1. The normalized spacial score (nSPS) is 22.1. The van der Waals surface area contributed by atoms with E-state index in [4.69, 9.17) is 5.21 Å². The maximum absolute atomic E-state index is 9.02. The van der Waals surface area contributed by atoms with Crippen molar-refractivity contribution in [3.8, 4) is 0 Å². The Bertz CT molecular complexity index is 157. The zero-order chi connectivity index (χ0) is 8.81. The number of unbranched alkanes of at least 4 members (excludes halogenated alkanes) is 3. The number of rotatable bonds is 5. The molecule has 0 aliphatic carbocycles. The lowest BCUT2D eigenvalue weighted by Crippen LogP contribution is -2.24. The summed E-state index contributed by atoms with van der Waals surface area (Å²) >= 11 is 0. The molecular formula is C9H19N2O+. The van der Waals surface area contributed by atoms with Gasteiger partial charge in [0.15, 0.2) is 6.54 Å². The minimum Gasteiger partial charge on any atom is -0.355 e. The first-order chi connectivity index (χ1) is 5.83. The fourth-order valence-corrected chi connectivity index (χ4v) is 1.51. The first-order valence-corrected chi connectivity index (χ1v) is 4.88. The van der Waals surface area contributed by atoms with Crippen molar-refractivity contribution in [2.45, 2.75) is 45.1 Å². The van der Waals surface area contributed by atoms with Gasteiger partial charge in [0.1, 0.15) is 6.04 Å². The Morgan fingerprint density at radius 2 is 2.33 bits per heavy atom. The molecule has 0 amide bonds. The number of nitrogens with zero attached hydrogens (tertiary/aromatic N) is 1. The van der Waals surface area contributed by atoms with Crippen LogP contribution in [-0.2, 0) is 0 Å². The minimum atomic E-state index is 0.465. The molecule has 0 aromatic heterocycles. The van der Waals surface area contributed by atoms with E-state index in [1.807, 2.05) is 0 Å². The van der Waals surface area contributed by atoms with E-state index in [9.17, 15) is 0 Å². The molecule has 2 N–H and O–H groups in total. The Labute approximate surface area is 74.1 Å². The van der Waals surface area contributed by atoms with E-state index >= 15 is 0 Å². The lowest BCUT2D eigenvalue weighted by molar-refractivity contribution is -0.767. The van der Waals surface area contributed by atoms with E-state index < -0.39 is 0 Å². The predicted molar refractivity (Wildman–Crippen MR) is 48.7 cm³/mol. The summed E-state index contributed by atoms with van der Waals surface area (Å²) in [4.78, 5) is 0. The summed E-state index contributed by atoms with van der Waals surface area (Å²) in [5.41, 5.74) is 0. The zero-order valence-electron chi connectivity index (χ0n) is 7.79. The Morgan fingerprint density at radius 1 is 1.50 bits per heavy atom. The molecule has 1 heterocycles. The van der Waals surface area contributed by atoms with Crippen molar-refractivity contribution in [1.29, 1.82) is 0 Å². The van der Waals surface area contributed by atoms with Gasteiger partial charge in [0.05, 0.1) is 0 Å². The van der Waals surface area contributed by atoms with Crippen LogP contribution in [0.4, 0.5) is 0 Å². The summed E-state index contributed by atoms with van der Waals surface area (Å²) in [6.45, 7) is 2.96. The molecule has 3 nitrogen and oxygen atoms in total. The Morgan fingerprint density at radius 3 is 2.92 bits per heavy atom. The summed E-state index contributed by atoms with van der Waals surface area (Å²) < 4.78 is 1.23. The standard InChI is InChI=1S/C9H18N2O/c1-2-3-4-5-6-9-7-11(12)8-10-9/h8-9,12H,2-7H2,1H3/p+1. The van der Waals surface area contributed by atoms with Crippen LogP contribution in [0.5, 0.6) is 0 Å². The molecule has 12 heavy (non-hydrogen) atoms. The molecule has 70 valence electrons. The van der Waals surface area contributed by atoms with Crippen LogP contribution in [0, 0.1) is 0 Å². The van der Waals surface area contributed by atoms with Gasteiger partial charge in [0.25, 0.3) is 6.34 Å². The van der Waals surface area contributed by atoms with E-state index in [1.165, 1.54) is 36.8 Å². The van der Waals surface area contributed by atoms with Crippen molar-refractivity contribution in [3.05, 3.63) is 0 Å². The van der Waals surface area contributed by atoms with E-state index in [-0.39, 0.29) is 0 Å². The highest BCUT2D eigenvalue weighted by atomic mass is 16.5. The van der Waals surface area contributed by atoms with Gasteiger partial charge in [-0.25, -0.2) is 0 Å². The highest BCUT2D eigenvalue weighted by Crippen LogP contribution is 2.06. The second-order valence-electron chi connectivity index (χ2n) is 3.46. The van der Waals surface area contributed by atoms with E-state index in [1.54, 1.807) is 6.34 Å². The van der Waals surface area contributed by atoms with Gasteiger partial charge in [0.2, 0.25) is 0 Å². The van der Waals surface area contributed by atoms with Crippen LogP contribution in [0.15, 0.2) is 0 Å². The fourth-order valence-electron chi connectivity index (χ4n) is 1.51. The van der Waals surface area contributed by atoms with Crippen molar-refractivity contribution in [3.63, 3.8) is 0 Å². The van der Waals surface area contributed by atoms with Gasteiger partial charge in [-0.15, -0.1) is 0 Å². The van der Waals surface area contributed by atoms with Gasteiger partial charge in [-0.2, -0.15) is 0 Å². The Kier molecular flexibility index (Phi) is 3.91. The molecule has 0 saturated heterocycles. The largest absolute Gasteiger partial charge is 0.355 e. The van der Waals surface area contributed by atoms with E-state index in [2.05, 4.69) is 12.2 Å². The molecular weight excluding hydrogens is 152 g/mol. The van der Waals surface area contributed by atoms with Gasteiger partial charge >= 0.3 is 0 Å². The van der Waals surface area contributed by atoms with Crippen molar-refractivity contribution >= 4 is 6.34 Å². The summed E-state index contributed by atoms with van der Waals surface area (Å²) in [6, 6.07) is 0.465. The highest BCUT2D eigenvalue weighted by Gasteiger charge is 2.20. The lowest BCUT2D eigenvalue weighted by Gasteiger charge is -2.03. The molecule has 0 radical (unpaired) electrons. The average Bonchev–Trinajstić information content (AvgIpc) is 2.45. The third-order valence-electron chi connectivity index (χ3n) is 2.27. The molecule has 0 aromatic carbocycles. The topological polar surface area (TPSA) is 35.3 Å². The van der Waals surface area contributed by atoms with Gasteiger partial charge in [-0.1, -0.05) is 30.9 Å². The summed E-state index contributed by atoms with van der Waals surface area (Å²) in [6.07, 6.45) is 8.03. The van der Waals surface area contributed by atoms with Crippen LogP contribution in [0.2, 0.25) is 0 Å². The smallest absolute Gasteiger partial charge is 0.271 e. The zero-order valence-corrected chi connectivity index (χ0v) is 7.79. The second kappa shape index (κ2) is 5.01. The van der Waals surface area contributed by atoms with E-state index in [0.29, 0.717) is 6.04 Å². The first-order valence-electron chi connectivity index (χ1n) is 4.88. The lowest BCUT2D eigenvalue weighted by atomic mass is 10.1. The molecule has 1 unspecified atom stereocenters. The van der Waals surface area contributed by atoms with Crippen LogP contribution >= 0.6 is 0 Å². The third kappa shape index (κ3) is 3.11. The van der Waals surface area contributed by atoms with Crippen LogP contribution in [-0.4, -0.2) is 28.9 Å². The quantitative estimate of drug-likeness (QED) is 0.372. The van der Waals surface area contributed by atoms with Crippen LogP contribution < -0.4 is 5.32 Å². The van der Waals surface area contributed by atoms with E-state index in [0.717, 1.165) is 6.54 Å². The molecule has 1 aliphatic heterocycles. The number of hydrogen-bond donors (Lipinski definition) is 2. The summed E-state index contributed by atoms with van der Waals surface area (Å²) in [7, 11) is 0. The van der Waals surface area contributed by atoms with Crippen LogP contribution in [0.1, 0.15) is 39.0 Å². The molecule has 0 bridgehead atoms. The molecule has 0 saturated carbocycles. The molecule has 1 aliphatic rings. The fraction of sp³-hybridized carbons (Fsp3) is 0.889.